The fraction of sp³-hybridized carbons (Fsp3) is 0.318. The summed E-state index contributed by atoms with van der Waals surface area (Å²) >= 11 is 3.48. The molecule has 5 nitrogen and oxygen atoms in total. The standard InChI is InChI=1S/C22H22BrN5/c1-14-20-6-7-28(22(20)27-13-26-14)19-5-2-15(8-19)11-24-18-4-3-16-9-17(23)12-25-21(16)10-18/h3-4,6-7,9-10,12-13,15,19,24H,2,5,8,11H2,1H3/t15-,19+/m1/s1. The lowest BCUT2D eigenvalue weighted by molar-refractivity contribution is 0.496. The van der Waals surface area contributed by atoms with E-state index in [0.717, 1.165) is 38.9 Å². The van der Waals surface area contributed by atoms with Crippen molar-refractivity contribution in [1.29, 1.82) is 0 Å². The minimum absolute atomic E-state index is 0.522. The Kier molecular flexibility index (Phi) is 4.51. The monoisotopic (exact) mass is 435 g/mol. The number of nitrogens with zero attached hydrogens (tertiary/aromatic N) is 4. The van der Waals surface area contributed by atoms with E-state index in [4.69, 9.17) is 0 Å². The Morgan fingerprint density at radius 1 is 1.14 bits per heavy atom. The summed E-state index contributed by atoms with van der Waals surface area (Å²) in [6, 6.07) is 11.2. The van der Waals surface area contributed by atoms with Gasteiger partial charge in [0.25, 0.3) is 0 Å². The second-order valence-corrected chi connectivity index (χ2v) is 8.61. The summed E-state index contributed by atoms with van der Waals surface area (Å²) in [4.78, 5) is 13.3. The Hall–Kier alpha value is -2.47. The molecule has 6 heteroatoms. The van der Waals surface area contributed by atoms with E-state index >= 15 is 0 Å². The summed E-state index contributed by atoms with van der Waals surface area (Å²) in [5.41, 5.74) is 4.28. The van der Waals surface area contributed by atoms with Crippen molar-refractivity contribution in [3.05, 3.63) is 59.2 Å². The van der Waals surface area contributed by atoms with Crippen LogP contribution < -0.4 is 5.32 Å². The van der Waals surface area contributed by atoms with E-state index in [1.807, 2.05) is 13.1 Å². The molecule has 0 spiro atoms. The number of hydrogen-bond donors (Lipinski definition) is 1. The lowest BCUT2D eigenvalue weighted by Gasteiger charge is -2.15. The summed E-state index contributed by atoms with van der Waals surface area (Å²) in [5.74, 6) is 0.666. The Morgan fingerprint density at radius 2 is 2.07 bits per heavy atom. The minimum Gasteiger partial charge on any atom is -0.385 e. The van der Waals surface area contributed by atoms with Crippen LogP contribution in [0.5, 0.6) is 0 Å². The summed E-state index contributed by atoms with van der Waals surface area (Å²) in [7, 11) is 0. The first-order chi connectivity index (χ1) is 13.7. The van der Waals surface area contributed by atoms with Crippen molar-refractivity contribution in [3.8, 4) is 0 Å². The third-order valence-corrected chi connectivity index (χ3v) is 6.29. The molecule has 1 aromatic carbocycles. The zero-order valence-electron chi connectivity index (χ0n) is 15.8. The molecule has 28 heavy (non-hydrogen) atoms. The Bertz CT molecular complexity index is 1150. The molecule has 1 saturated carbocycles. The van der Waals surface area contributed by atoms with E-state index in [2.05, 4.69) is 77.3 Å². The number of aryl methyl sites for hydroxylation is 1. The van der Waals surface area contributed by atoms with Crippen molar-refractivity contribution in [2.75, 3.05) is 11.9 Å². The second kappa shape index (κ2) is 7.17. The molecule has 0 saturated heterocycles. The van der Waals surface area contributed by atoms with Crippen molar-refractivity contribution in [1.82, 2.24) is 19.5 Å². The normalized spacial score (nSPS) is 19.5. The van der Waals surface area contributed by atoms with Gasteiger partial charge in [0, 0.05) is 45.9 Å². The van der Waals surface area contributed by atoms with Gasteiger partial charge in [0.15, 0.2) is 0 Å². The summed E-state index contributed by atoms with van der Waals surface area (Å²) in [5, 5.41) is 5.94. The van der Waals surface area contributed by atoms with Crippen LogP contribution >= 0.6 is 15.9 Å². The zero-order chi connectivity index (χ0) is 19.1. The van der Waals surface area contributed by atoms with Crippen molar-refractivity contribution in [2.24, 2.45) is 5.92 Å². The average Bonchev–Trinajstić information content (AvgIpc) is 3.33. The van der Waals surface area contributed by atoms with Crippen LogP contribution in [-0.4, -0.2) is 26.1 Å². The molecule has 3 aromatic heterocycles. The molecule has 2 atom stereocenters. The van der Waals surface area contributed by atoms with E-state index in [9.17, 15) is 0 Å². The number of nitrogens with one attached hydrogen (secondary N) is 1. The van der Waals surface area contributed by atoms with Gasteiger partial charge >= 0.3 is 0 Å². The van der Waals surface area contributed by atoms with Crippen LogP contribution in [-0.2, 0) is 0 Å². The van der Waals surface area contributed by atoms with Crippen LogP contribution in [0, 0.1) is 12.8 Å². The lowest BCUT2D eigenvalue weighted by Crippen LogP contribution is -2.12. The van der Waals surface area contributed by atoms with E-state index in [1.165, 1.54) is 24.6 Å². The third kappa shape index (κ3) is 3.26. The van der Waals surface area contributed by atoms with Gasteiger partial charge < -0.3 is 9.88 Å². The fourth-order valence-electron chi connectivity index (χ4n) is 4.35. The second-order valence-electron chi connectivity index (χ2n) is 7.69. The predicted molar refractivity (Wildman–Crippen MR) is 117 cm³/mol. The van der Waals surface area contributed by atoms with Crippen molar-refractivity contribution < 1.29 is 0 Å². The number of rotatable bonds is 4. The maximum Gasteiger partial charge on any atom is 0.143 e. The van der Waals surface area contributed by atoms with Crippen LogP contribution in [0.3, 0.4) is 0 Å². The van der Waals surface area contributed by atoms with Crippen LogP contribution in [0.15, 0.2) is 53.5 Å². The maximum absolute atomic E-state index is 4.53. The van der Waals surface area contributed by atoms with Crippen molar-refractivity contribution in [2.45, 2.75) is 32.2 Å². The van der Waals surface area contributed by atoms with Gasteiger partial charge in [0.1, 0.15) is 12.0 Å². The van der Waals surface area contributed by atoms with Gasteiger partial charge in [0.2, 0.25) is 0 Å². The molecule has 0 unspecified atom stereocenters. The number of fused-ring (bicyclic) bond motifs is 2. The van der Waals surface area contributed by atoms with E-state index < -0.39 is 0 Å². The maximum atomic E-state index is 4.53. The highest BCUT2D eigenvalue weighted by Gasteiger charge is 2.27. The van der Waals surface area contributed by atoms with Crippen LogP contribution in [0.4, 0.5) is 5.69 Å². The van der Waals surface area contributed by atoms with Gasteiger partial charge in [-0.25, -0.2) is 9.97 Å². The van der Waals surface area contributed by atoms with Crippen molar-refractivity contribution >= 4 is 43.6 Å². The van der Waals surface area contributed by atoms with Gasteiger partial charge in [-0.15, -0.1) is 0 Å². The Labute approximate surface area is 172 Å². The molecule has 5 rings (SSSR count). The van der Waals surface area contributed by atoms with Gasteiger partial charge in [0.05, 0.1) is 11.2 Å². The van der Waals surface area contributed by atoms with E-state index in [-0.39, 0.29) is 0 Å². The summed E-state index contributed by atoms with van der Waals surface area (Å²) < 4.78 is 3.36. The highest BCUT2D eigenvalue weighted by atomic mass is 79.9. The Morgan fingerprint density at radius 3 is 3.00 bits per heavy atom. The lowest BCUT2D eigenvalue weighted by atomic mass is 10.1. The summed E-state index contributed by atoms with van der Waals surface area (Å²) in [6.45, 7) is 3.04. The molecular formula is C22H22BrN5. The number of aromatic nitrogens is 4. The first kappa shape index (κ1) is 17.6. The number of halogens is 1. The van der Waals surface area contributed by atoms with Crippen molar-refractivity contribution in [3.63, 3.8) is 0 Å². The largest absolute Gasteiger partial charge is 0.385 e. The van der Waals surface area contributed by atoms with Crippen LogP contribution in [0.2, 0.25) is 0 Å². The number of hydrogen-bond acceptors (Lipinski definition) is 4. The van der Waals surface area contributed by atoms with Gasteiger partial charge in [-0.05, 0) is 72.3 Å². The third-order valence-electron chi connectivity index (χ3n) is 5.86. The molecule has 1 aliphatic carbocycles. The molecule has 0 amide bonds. The molecule has 0 bridgehead atoms. The van der Waals surface area contributed by atoms with Gasteiger partial charge in [-0.3, -0.25) is 4.98 Å². The molecular weight excluding hydrogens is 414 g/mol. The quantitative estimate of drug-likeness (QED) is 0.459. The first-order valence-corrected chi connectivity index (χ1v) is 10.5. The summed E-state index contributed by atoms with van der Waals surface area (Å²) in [6.07, 6.45) is 9.32. The highest BCUT2D eigenvalue weighted by Crippen LogP contribution is 2.36. The Balaban J connectivity index is 1.26. The highest BCUT2D eigenvalue weighted by molar-refractivity contribution is 9.10. The molecule has 142 valence electrons. The first-order valence-electron chi connectivity index (χ1n) is 9.75. The van der Waals surface area contributed by atoms with E-state index in [1.54, 1.807) is 6.33 Å². The molecule has 1 N–H and O–H groups in total. The van der Waals surface area contributed by atoms with Gasteiger partial charge in [-0.2, -0.15) is 0 Å². The molecule has 1 fully saturated rings. The number of benzene rings is 1. The molecule has 3 heterocycles. The number of pyridine rings is 1. The average molecular weight is 436 g/mol. The number of anilines is 1. The molecule has 4 aromatic rings. The topological polar surface area (TPSA) is 55.6 Å². The SMILES string of the molecule is Cc1ncnc2c1ccn2[C@H]1CC[C@@H](CNc2ccc3cc(Br)cnc3c2)C1. The van der Waals surface area contributed by atoms with Gasteiger partial charge in [-0.1, -0.05) is 6.07 Å². The predicted octanol–water partition coefficient (Wildman–Crippen LogP) is 5.50. The zero-order valence-corrected chi connectivity index (χ0v) is 17.4. The van der Waals surface area contributed by atoms with E-state index in [0.29, 0.717) is 12.0 Å². The molecule has 0 aliphatic heterocycles. The molecule has 0 radical (unpaired) electrons. The molecule has 1 aliphatic rings. The van der Waals surface area contributed by atoms with Crippen LogP contribution in [0.1, 0.15) is 31.0 Å². The van der Waals surface area contributed by atoms with Crippen LogP contribution in [0.25, 0.3) is 21.9 Å². The smallest absolute Gasteiger partial charge is 0.143 e. The fourth-order valence-corrected chi connectivity index (χ4v) is 4.69. The minimum atomic E-state index is 0.522.